The second-order valence-corrected chi connectivity index (χ2v) is 29.9. The molecule has 0 atom stereocenters. The molecule has 0 fully saturated rings. The van der Waals surface area contributed by atoms with Gasteiger partial charge in [0, 0.05) is 105 Å². The Bertz CT molecular complexity index is 6000. The summed E-state index contributed by atoms with van der Waals surface area (Å²) in [5.74, 6) is 0. The average molecular weight is 1320 g/mol. The zero-order valence-electron chi connectivity index (χ0n) is 57.1. The summed E-state index contributed by atoms with van der Waals surface area (Å²) in [6.07, 6.45) is 0. The Labute approximate surface area is 592 Å². The van der Waals surface area contributed by atoms with Crippen molar-refractivity contribution in [2.24, 2.45) is 0 Å². The minimum Gasteiger partial charge on any atom is -0.456 e. The van der Waals surface area contributed by atoms with Gasteiger partial charge in [-0.15, -0.1) is 11.3 Å². The van der Waals surface area contributed by atoms with Gasteiger partial charge < -0.3 is 33.3 Å². The molecule has 0 amide bonds. The molecule has 0 radical (unpaired) electrons. The largest absolute Gasteiger partial charge is 0.456 e. The summed E-state index contributed by atoms with van der Waals surface area (Å²) in [7, 11) is 0. The number of benzene rings is 14. The first-order valence-electron chi connectivity index (χ1n) is 34.9. The Morgan fingerprint density at radius 2 is 0.752 bits per heavy atom. The standard InChI is InChI=1S/C92H70BN5O2S/c1-91(2,3)59-42-46-65(47-43-59)97-77-54-67(96(68-50-52-72-71-35-21-24-41-84(71)101-85(72)57-68)76-38-25-37-73-70-34-19-22-39-82(70)99-89(73)76)51-53-75(77)93-87-79(97)55-69(94(61-26-11-7-12-27-61)62-28-13-8-14-29-62)56-80(87)98(66-48-44-60(45-49-66)92(4,5)6)81-58-78(86-74-36-20-23-40-83(74)100-90(86)88(81)93)95(63-30-15-9-16-31-63)64-32-17-10-18-33-64/h7-58H,1-6H3. The lowest BCUT2D eigenvalue weighted by atomic mass is 9.33. The van der Waals surface area contributed by atoms with Gasteiger partial charge in [-0.1, -0.05) is 217 Å². The molecule has 484 valence electrons. The van der Waals surface area contributed by atoms with Gasteiger partial charge in [0.2, 0.25) is 0 Å². The van der Waals surface area contributed by atoms with Crippen molar-refractivity contribution >= 4 is 184 Å². The summed E-state index contributed by atoms with van der Waals surface area (Å²) < 4.78 is 17.3. The molecule has 0 aliphatic carbocycles. The van der Waals surface area contributed by atoms with E-state index in [1.807, 2.05) is 11.3 Å². The van der Waals surface area contributed by atoms with E-state index < -0.39 is 0 Å². The van der Waals surface area contributed by atoms with Crippen LogP contribution in [-0.2, 0) is 10.8 Å². The number of hydrogen-bond donors (Lipinski definition) is 0. The van der Waals surface area contributed by atoms with E-state index in [0.717, 1.165) is 140 Å². The molecular weight excluding hydrogens is 1250 g/mol. The fourth-order valence-electron chi connectivity index (χ4n) is 15.9. The van der Waals surface area contributed by atoms with Gasteiger partial charge in [-0.2, -0.15) is 0 Å². The normalized spacial score (nSPS) is 12.8. The van der Waals surface area contributed by atoms with Gasteiger partial charge in [-0.3, -0.25) is 0 Å². The molecule has 19 rings (SSSR count). The van der Waals surface area contributed by atoms with E-state index in [1.165, 1.54) is 36.8 Å². The van der Waals surface area contributed by atoms with Gasteiger partial charge >= 0.3 is 0 Å². The number of para-hydroxylation sites is 7. The predicted octanol–water partition coefficient (Wildman–Crippen LogP) is 24.9. The summed E-state index contributed by atoms with van der Waals surface area (Å²) in [6.45, 7) is 13.4. The molecule has 0 spiro atoms. The lowest BCUT2D eigenvalue weighted by molar-refractivity contribution is 0.590. The van der Waals surface area contributed by atoms with Crippen LogP contribution in [0.25, 0.3) is 64.0 Å². The number of hydrogen-bond acceptors (Lipinski definition) is 8. The zero-order valence-corrected chi connectivity index (χ0v) is 57.9. The number of rotatable bonds is 11. The number of anilines is 15. The summed E-state index contributed by atoms with van der Waals surface area (Å²) in [4.78, 5) is 12.4. The molecule has 0 N–H and O–H groups in total. The first-order valence-corrected chi connectivity index (χ1v) is 35.7. The molecule has 101 heavy (non-hydrogen) atoms. The van der Waals surface area contributed by atoms with Crippen molar-refractivity contribution in [2.75, 3.05) is 24.5 Å². The lowest BCUT2D eigenvalue weighted by Crippen LogP contribution is -2.61. The monoisotopic (exact) mass is 1320 g/mol. The molecule has 3 aromatic heterocycles. The van der Waals surface area contributed by atoms with Crippen LogP contribution in [0.4, 0.5) is 85.3 Å². The van der Waals surface area contributed by atoms with Crippen molar-refractivity contribution in [3.63, 3.8) is 0 Å². The molecule has 14 aromatic carbocycles. The van der Waals surface area contributed by atoms with Crippen molar-refractivity contribution in [2.45, 2.75) is 52.4 Å². The van der Waals surface area contributed by atoms with E-state index in [9.17, 15) is 0 Å². The van der Waals surface area contributed by atoms with Gasteiger partial charge in [0.1, 0.15) is 16.7 Å². The second-order valence-electron chi connectivity index (χ2n) is 28.8. The maximum absolute atomic E-state index is 7.73. The molecule has 5 heterocycles. The fourth-order valence-corrected chi connectivity index (χ4v) is 17.0. The van der Waals surface area contributed by atoms with E-state index >= 15 is 0 Å². The average Bonchev–Trinajstić information content (AvgIpc) is 1.60. The number of nitrogens with zero attached hydrogens (tertiary/aromatic N) is 5. The fraction of sp³-hybridized carbons (Fsp3) is 0.0870. The first-order chi connectivity index (χ1) is 49.4. The maximum atomic E-state index is 7.73. The van der Waals surface area contributed by atoms with Crippen molar-refractivity contribution in [3.8, 4) is 0 Å². The van der Waals surface area contributed by atoms with Gasteiger partial charge in [0.05, 0.1) is 22.4 Å². The van der Waals surface area contributed by atoms with E-state index in [2.05, 4.69) is 381 Å². The SMILES string of the molecule is CC(C)(C)c1ccc(N2c3cc(N(c4ccc5c(c4)sc4ccccc45)c4cccc5c4oc4ccccc45)ccc3B3c4c2cc(N(c2ccccc2)c2ccccc2)cc4N(c2ccc(C(C)(C)C)cc2)c2cc(N(c4ccccc4)c4ccccc4)c4c(oc5ccccc54)c23)cc1. The Balaban J connectivity index is 0.965. The van der Waals surface area contributed by atoms with Gasteiger partial charge in [-0.05, 0) is 178 Å². The van der Waals surface area contributed by atoms with Crippen LogP contribution in [0, 0.1) is 0 Å². The molecule has 2 aliphatic rings. The molecule has 9 heteroatoms. The minimum atomic E-state index is -0.383. The van der Waals surface area contributed by atoms with Crippen molar-refractivity contribution in [3.05, 3.63) is 327 Å². The summed E-state index contributed by atoms with van der Waals surface area (Å²) >= 11 is 1.84. The van der Waals surface area contributed by atoms with E-state index in [-0.39, 0.29) is 17.5 Å². The van der Waals surface area contributed by atoms with E-state index in [1.54, 1.807) is 0 Å². The van der Waals surface area contributed by atoms with Crippen LogP contribution in [0.1, 0.15) is 52.7 Å². The third-order valence-electron chi connectivity index (χ3n) is 20.7. The molecule has 0 unspecified atom stereocenters. The van der Waals surface area contributed by atoms with Gasteiger partial charge in [0.25, 0.3) is 6.71 Å². The highest BCUT2D eigenvalue weighted by Gasteiger charge is 2.47. The lowest BCUT2D eigenvalue weighted by Gasteiger charge is -2.45. The van der Waals surface area contributed by atoms with Crippen LogP contribution in [0.15, 0.2) is 324 Å². The van der Waals surface area contributed by atoms with Gasteiger partial charge in [0.15, 0.2) is 5.58 Å². The van der Waals surface area contributed by atoms with Crippen LogP contribution < -0.4 is 40.9 Å². The molecular formula is C92H70BN5O2S. The smallest absolute Gasteiger partial charge is 0.257 e. The third kappa shape index (κ3) is 9.84. The molecule has 0 saturated carbocycles. The molecule has 7 nitrogen and oxygen atoms in total. The summed E-state index contributed by atoms with van der Waals surface area (Å²) in [6, 6.07) is 116. The predicted molar refractivity (Wildman–Crippen MR) is 429 cm³/mol. The summed E-state index contributed by atoms with van der Waals surface area (Å²) in [5.41, 5.74) is 24.3. The number of fused-ring (bicyclic) bond motifs is 14. The van der Waals surface area contributed by atoms with Gasteiger partial charge in [-0.25, -0.2) is 0 Å². The van der Waals surface area contributed by atoms with Crippen LogP contribution in [0.3, 0.4) is 0 Å². The molecule has 0 bridgehead atoms. The number of thiophene rings is 1. The van der Waals surface area contributed by atoms with Crippen LogP contribution in [0.2, 0.25) is 0 Å². The van der Waals surface area contributed by atoms with Crippen molar-refractivity contribution < 1.29 is 8.83 Å². The Kier molecular flexibility index (Phi) is 13.9. The quantitative estimate of drug-likeness (QED) is 0.120. The topological polar surface area (TPSA) is 42.5 Å². The zero-order chi connectivity index (χ0) is 67.8. The summed E-state index contributed by atoms with van der Waals surface area (Å²) in [5, 5.41) is 6.71. The number of furan rings is 2. The Morgan fingerprint density at radius 1 is 0.307 bits per heavy atom. The highest BCUT2D eigenvalue weighted by atomic mass is 32.1. The van der Waals surface area contributed by atoms with Crippen LogP contribution >= 0.6 is 11.3 Å². The maximum Gasteiger partial charge on any atom is 0.257 e. The Morgan fingerprint density at radius 3 is 1.35 bits per heavy atom. The second kappa shape index (κ2) is 23.3. The van der Waals surface area contributed by atoms with Crippen LogP contribution in [-0.4, -0.2) is 6.71 Å². The minimum absolute atomic E-state index is 0.0982. The van der Waals surface area contributed by atoms with E-state index in [4.69, 9.17) is 8.83 Å². The van der Waals surface area contributed by atoms with Crippen LogP contribution in [0.5, 0.6) is 0 Å². The first kappa shape index (κ1) is 60.2. The van der Waals surface area contributed by atoms with Crippen molar-refractivity contribution in [1.82, 2.24) is 0 Å². The van der Waals surface area contributed by atoms with E-state index in [0.29, 0.717) is 0 Å². The third-order valence-corrected chi connectivity index (χ3v) is 21.8. The molecule has 0 saturated heterocycles. The highest BCUT2D eigenvalue weighted by Crippen LogP contribution is 2.54. The molecule has 2 aliphatic heterocycles. The Hall–Kier alpha value is -12.0. The molecule has 17 aromatic rings. The highest BCUT2D eigenvalue weighted by molar-refractivity contribution is 7.25. The van der Waals surface area contributed by atoms with Crippen molar-refractivity contribution in [1.29, 1.82) is 0 Å².